The highest BCUT2D eigenvalue weighted by molar-refractivity contribution is 5.76. The summed E-state index contributed by atoms with van der Waals surface area (Å²) in [6, 6.07) is 0.607. The highest BCUT2D eigenvalue weighted by atomic mass is 16.2. The van der Waals surface area contributed by atoms with E-state index in [1.165, 1.54) is 11.0 Å². The second kappa shape index (κ2) is 6.69. The van der Waals surface area contributed by atoms with Gasteiger partial charge in [-0.25, -0.2) is 9.67 Å². The minimum atomic E-state index is 0.0906. The van der Waals surface area contributed by atoms with Crippen LogP contribution in [-0.2, 0) is 11.3 Å². The first-order valence-corrected chi connectivity index (χ1v) is 7.30. The smallest absolute Gasteiger partial charge is 0.244 e. The number of anilines is 1. The van der Waals surface area contributed by atoms with Crippen molar-refractivity contribution in [1.29, 1.82) is 0 Å². The van der Waals surface area contributed by atoms with Gasteiger partial charge in [-0.15, -0.1) is 5.10 Å². The molecule has 7 heteroatoms. The number of nitrogens with zero attached hydrogens (tertiary/aromatic N) is 5. The minimum Gasteiger partial charge on any atom is -0.367 e. The van der Waals surface area contributed by atoms with Crippen LogP contribution in [0.25, 0.3) is 0 Å². The fourth-order valence-electron chi connectivity index (χ4n) is 2.84. The van der Waals surface area contributed by atoms with E-state index < -0.39 is 0 Å². The topological polar surface area (TPSA) is 80.3 Å². The number of carbonyl (C=O) groups excluding carboxylic acids is 1. The fraction of sp³-hybridized carbons (Fsp3) is 0.769. The van der Waals surface area contributed by atoms with E-state index in [1.54, 1.807) is 0 Å². The number of amides is 1. The predicted molar refractivity (Wildman–Crippen MR) is 77.0 cm³/mol. The number of piperidine rings is 1. The Morgan fingerprint density at radius 3 is 2.55 bits per heavy atom. The Labute approximate surface area is 119 Å². The maximum atomic E-state index is 12.2. The molecule has 0 aromatic carbocycles. The van der Waals surface area contributed by atoms with Crippen molar-refractivity contribution in [3.63, 3.8) is 0 Å². The lowest BCUT2D eigenvalue weighted by Crippen LogP contribution is -2.47. The molecule has 1 aliphatic rings. The van der Waals surface area contributed by atoms with Crippen molar-refractivity contribution in [3.05, 3.63) is 6.33 Å². The van der Waals surface area contributed by atoms with Crippen molar-refractivity contribution in [2.75, 3.05) is 31.9 Å². The lowest BCUT2D eigenvalue weighted by atomic mass is 10.0. The number of hydrogen-bond acceptors (Lipinski definition) is 5. The third-order valence-electron chi connectivity index (χ3n) is 4.00. The van der Waals surface area contributed by atoms with Crippen LogP contribution in [0.5, 0.6) is 0 Å². The molecule has 0 aliphatic carbocycles. The molecule has 0 atom stereocenters. The van der Waals surface area contributed by atoms with Gasteiger partial charge in [-0.2, -0.15) is 0 Å². The van der Waals surface area contributed by atoms with Crippen molar-refractivity contribution < 1.29 is 4.79 Å². The molecule has 2 N–H and O–H groups in total. The average Bonchev–Trinajstić information content (AvgIpc) is 2.86. The largest absolute Gasteiger partial charge is 0.367 e. The Bertz CT molecular complexity index is 434. The summed E-state index contributed by atoms with van der Waals surface area (Å²) in [5, 5.41) is 3.94. The van der Waals surface area contributed by atoms with E-state index >= 15 is 0 Å². The van der Waals surface area contributed by atoms with E-state index in [-0.39, 0.29) is 18.4 Å². The summed E-state index contributed by atoms with van der Waals surface area (Å²) in [5.41, 5.74) is 5.44. The predicted octanol–water partition coefficient (Wildman–Crippen LogP) is 0.193. The van der Waals surface area contributed by atoms with Crippen LogP contribution in [-0.4, -0.2) is 62.7 Å². The fourth-order valence-corrected chi connectivity index (χ4v) is 2.84. The summed E-state index contributed by atoms with van der Waals surface area (Å²) in [5.74, 6) is 0.297. The summed E-state index contributed by atoms with van der Waals surface area (Å²) < 4.78 is 1.49. The van der Waals surface area contributed by atoms with E-state index in [9.17, 15) is 4.79 Å². The van der Waals surface area contributed by atoms with Gasteiger partial charge in [0.1, 0.15) is 12.9 Å². The van der Waals surface area contributed by atoms with E-state index in [4.69, 9.17) is 5.73 Å². The number of hydrogen-bond donors (Lipinski definition) is 1. The van der Waals surface area contributed by atoms with Gasteiger partial charge in [0.15, 0.2) is 0 Å². The van der Waals surface area contributed by atoms with Crippen LogP contribution in [0.4, 0.5) is 5.95 Å². The standard InChI is InChI=1S/C13H24N6O/c1-3-17(4-2)11-5-7-18(8-6-11)12(20)9-19-10-15-13(14)16-19/h10-11H,3-9H2,1-2H3,(H2,14,16). The average molecular weight is 280 g/mol. The van der Waals surface area contributed by atoms with Crippen molar-refractivity contribution in [3.8, 4) is 0 Å². The molecule has 0 spiro atoms. The van der Waals surface area contributed by atoms with Crippen molar-refractivity contribution in [1.82, 2.24) is 24.6 Å². The Kier molecular flexibility index (Phi) is 4.94. The van der Waals surface area contributed by atoms with Gasteiger partial charge in [-0.3, -0.25) is 4.79 Å². The Balaban J connectivity index is 1.82. The molecule has 0 unspecified atom stereocenters. The summed E-state index contributed by atoms with van der Waals surface area (Å²) >= 11 is 0. The lowest BCUT2D eigenvalue weighted by molar-refractivity contribution is -0.133. The second-order valence-corrected chi connectivity index (χ2v) is 5.13. The SMILES string of the molecule is CCN(CC)C1CCN(C(=O)Cn2cnc(N)n2)CC1. The molecule has 1 saturated heterocycles. The monoisotopic (exact) mass is 280 g/mol. The highest BCUT2D eigenvalue weighted by Crippen LogP contribution is 2.16. The molecule has 1 amide bonds. The molecule has 7 nitrogen and oxygen atoms in total. The molecule has 0 radical (unpaired) electrons. The zero-order valence-corrected chi connectivity index (χ0v) is 12.3. The molecule has 2 heterocycles. The van der Waals surface area contributed by atoms with Gasteiger partial charge in [0.2, 0.25) is 11.9 Å². The number of aromatic nitrogens is 3. The first kappa shape index (κ1) is 14.8. The first-order valence-electron chi connectivity index (χ1n) is 7.30. The molecule has 1 fully saturated rings. The van der Waals surface area contributed by atoms with E-state index in [1.807, 2.05) is 4.90 Å². The van der Waals surface area contributed by atoms with Gasteiger partial charge in [0.05, 0.1) is 0 Å². The lowest BCUT2D eigenvalue weighted by Gasteiger charge is -2.37. The number of nitrogens with two attached hydrogens (primary N) is 1. The van der Waals surface area contributed by atoms with Gasteiger partial charge in [-0.1, -0.05) is 13.8 Å². The van der Waals surface area contributed by atoms with Gasteiger partial charge in [0.25, 0.3) is 0 Å². The van der Waals surface area contributed by atoms with Gasteiger partial charge < -0.3 is 15.5 Å². The van der Waals surface area contributed by atoms with Crippen LogP contribution in [0.1, 0.15) is 26.7 Å². The third kappa shape index (κ3) is 3.47. The Morgan fingerprint density at radius 1 is 1.40 bits per heavy atom. The normalized spacial score (nSPS) is 16.9. The Hall–Kier alpha value is -1.63. The number of rotatable bonds is 5. The van der Waals surface area contributed by atoms with Crippen molar-refractivity contribution in [2.24, 2.45) is 0 Å². The van der Waals surface area contributed by atoms with Crippen molar-refractivity contribution >= 4 is 11.9 Å². The molecule has 2 rings (SSSR count). The molecular weight excluding hydrogens is 256 g/mol. The number of nitrogen functional groups attached to an aromatic ring is 1. The van der Waals surface area contributed by atoms with Crippen LogP contribution in [0.3, 0.4) is 0 Å². The van der Waals surface area contributed by atoms with E-state index in [2.05, 4.69) is 28.8 Å². The summed E-state index contributed by atoms with van der Waals surface area (Å²) in [6.07, 6.45) is 3.59. The molecule has 0 bridgehead atoms. The summed E-state index contributed by atoms with van der Waals surface area (Å²) in [7, 11) is 0. The van der Waals surface area contributed by atoms with E-state index in [0.29, 0.717) is 6.04 Å². The molecule has 0 saturated carbocycles. The first-order chi connectivity index (χ1) is 9.63. The molecule has 1 aromatic rings. The Morgan fingerprint density at radius 2 is 2.05 bits per heavy atom. The van der Waals surface area contributed by atoms with Gasteiger partial charge in [-0.05, 0) is 25.9 Å². The quantitative estimate of drug-likeness (QED) is 0.833. The van der Waals surface area contributed by atoms with Crippen molar-refractivity contribution in [2.45, 2.75) is 39.3 Å². The summed E-state index contributed by atoms with van der Waals surface area (Å²) in [4.78, 5) is 20.4. The van der Waals surface area contributed by atoms with Crippen LogP contribution in [0, 0.1) is 0 Å². The number of likely N-dealkylation sites (tertiary alicyclic amines) is 1. The summed E-state index contributed by atoms with van der Waals surface area (Å²) in [6.45, 7) is 8.40. The molecule has 1 aromatic heterocycles. The second-order valence-electron chi connectivity index (χ2n) is 5.13. The zero-order valence-electron chi connectivity index (χ0n) is 12.3. The van der Waals surface area contributed by atoms with Crippen LogP contribution >= 0.6 is 0 Å². The molecule has 20 heavy (non-hydrogen) atoms. The van der Waals surface area contributed by atoms with Gasteiger partial charge >= 0.3 is 0 Å². The third-order valence-corrected chi connectivity index (χ3v) is 4.00. The van der Waals surface area contributed by atoms with Crippen LogP contribution in [0.2, 0.25) is 0 Å². The van der Waals surface area contributed by atoms with Crippen LogP contribution in [0.15, 0.2) is 6.33 Å². The maximum absolute atomic E-state index is 12.2. The maximum Gasteiger partial charge on any atom is 0.244 e. The van der Waals surface area contributed by atoms with Crippen LogP contribution < -0.4 is 5.73 Å². The zero-order chi connectivity index (χ0) is 14.5. The molecular formula is C13H24N6O. The molecule has 1 aliphatic heterocycles. The molecule has 112 valence electrons. The van der Waals surface area contributed by atoms with E-state index in [0.717, 1.165) is 39.0 Å². The number of carbonyl (C=O) groups is 1. The minimum absolute atomic E-state index is 0.0906. The van der Waals surface area contributed by atoms with Gasteiger partial charge in [0, 0.05) is 19.1 Å². The highest BCUT2D eigenvalue weighted by Gasteiger charge is 2.25.